The fourth-order valence-corrected chi connectivity index (χ4v) is 5.20. The van der Waals surface area contributed by atoms with Gasteiger partial charge in [0.25, 0.3) is 5.91 Å². The van der Waals surface area contributed by atoms with Crippen molar-refractivity contribution < 1.29 is 17.6 Å². The van der Waals surface area contributed by atoms with Gasteiger partial charge in [0.15, 0.2) is 0 Å². The molecule has 0 unspecified atom stereocenters. The van der Waals surface area contributed by atoms with Crippen LogP contribution in [0.1, 0.15) is 47.2 Å². The monoisotopic (exact) mass is 388 g/mol. The molecule has 2 N–H and O–H groups in total. The molecule has 5 nitrogen and oxygen atoms in total. The van der Waals surface area contributed by atoms with Crippen LogP contribution >= 0.6 is 0 Å². The lowest BCUT2D eigenvalue weighted by molar-refractivity contribution is 0.0984. The Bertz CT molecular complexity index is 1010. The van der Waals surface area contributed by atoms with Gasteiger partial charge in [-0.05, 0) is 42.7 Å². The average Bonchev–Trinajstić information content (AvgIpc) is 3.20. The molecule has 7 heteroatoms. The second-order valence-electron chi connectivity index (χ2n) is 7.52. The number of primary sulfonamides is 1. The summed E-state index contributed by atoms with van der Waals surface area (Å²) in [6.45, 7) is 0.460. The van der Waals surface area contributed by atoms with Gasteiger partial charge >= 0.3 is 0 Å². The normalized spacial score (nSPS) is 18.1. The Kier molecular flexibility index (Phi) is 4.31. The summed E-state index contributed by atoms with van der Waals surface area (Å²) in [5, 5.41) is 5.11. The van der Waals surface area contributed by atoms with E-state index < -0.39 is 10.0 Å². The summed E-state index contributed by atoms with van der Waals surface area (Å²) in [5.41, 5.74) is 1.79. The maximum absolute atomic E-state index is 14.7. The number of carbonyl (C=O) groups is 1. The van der Waals surface area contributed by atoms with Crippen LogP contribution < -0.4 is 10.0 Å². The highest BCUT2D eigenvalue weighted by atomic mass is 32.2. The second-order valence-corrected chi connectivity index (χ2v) is 9.13. The standard InChI is InChI=1S/C20H21FN2O3S/c21-16-7-4-8-17-18(16)20(9-1-2-10-20)13-23(17)19(24)15-6-3-5-14(11-15)12-27(22,25)26/h3-8,11H,1-2,9-10,12-13H2,(H2,22,25,26). The fourth-order valence-electron chi connectivity index (χ4n) is 4.55. The molecular formula is C20H21FN2O3S. The van der Waals surface area contributed by atoms with Crippen LogP contribution in [0.25, 0.3) is 0 Å². The lowest BCUT2D eigenvalue weighted by Crippen LogP contribution is -2.35. The molecule has 2 aromatic rings. The molecule has 2 aromatic carbocycles. The summed E-state index contributed by atoms with van der Waals surface area (Å²) < 4.78 is 37.4. The SMILES string of the molecule is NS(=O)(=O)Cc1cccc(C(=O)N2CC3(CCCC3)c3c(F)cccc32)c1. The number of anilines is 1. The number of hydrogen-bond acceptors (Lipinski definition) is 3. The van der Waals surface area contributed by atoms with Gasteiger partial charge in [0.05, 0.1) is 11.4 Å². The molecule has 4 rings (SSSR count). The Morgan fingerprint density at radius 3 is 2.56 bits per heavy atom. The van der Waals surface area contributed by atoms with E-state index in [1.807, 2.05) is 0 Å². The summed E-state index contributed by atoms with van der Waals surface area (Å²) >= 11 is 0. The van der Waals surface area contributed by atoms with Gasteiger partial charge in [-0.1, -0.05) is 31.0 Å². The third kappa shape index (κ3) is 3.26. The van der Waals surface area contributed by atoms with Gasteiger partial charge in [-0.25, -0.2) is 17.9 Å². The lowest BCUT2D eigenvalue weighted by atomic mass is 9.80. The Morgan fingerprint density at radius 2 is 1.85 bits per heavy atom. The first-order chi connectivity index (χ1) is 12.8. The van der Waals surface area contributed by atoms with E-state index in [-0.39, 0.29) is 22.9 Å². The van der Waals surface area contributed by atoms with Crippen LogP contribution in [0.5, 0.6) is 0 Å². The summed E-state index contributed by atoms with van der Waals surface area (Å²) in [6, 6.07) is 11.3. The van der Waals surface area contributed by atoms with Crippen LogP contribution in [-0.4, -0.2) is 20.9 Å². The maximum Gasteiger partial charge on any atom is 0.258 e. The zero-order chi connectivity index (χ0) is 19.2. The third-order valence-corrected chi connectivity index (χ3v) is 6.36. The first kappa shape index (κ1) is 18.1. The van der Waals surface area contributed by atoms with Crippen molar-refractivity contribution in [2.45, 2.75) is 36.9 Å². The smallest absolute Gasteiger partial charge is 0.258 e. The van der Waals surface area contributed by atoms with E-state index in [0.717, 1.165) is 25.7 Å². The molecule has 0 radical (unpaired) electrons. The van der Waals surface area contributed by atoms with Crippen LogP contribution in [0.4, 0.5) is 10.1 Å². The molecule has 0 aromatic heterocycles. The number of benzene rings is 2. The maximum atomic E-state index is 14.7. The lowest BCUT2D eigenvalue weighted by Gasteiger charge is -2.25. The Hall–Kier alpha value is -2.25. The van der Waals surface area contributed by atoms with Crippen molar-refractivity contribution in [3.8, 4) is 0 Å². The van der Waals surface area contributed by atoms with E-state index in [9.17, 15) is 17.6 Å². The van der Waals surface area contributed by atoms with Crippen molar-refractivity contribution in [3.63, 3.8) is 0 Å². The summed E-state index contributed by atoms with van der Waals surface area (Å²) in [6.07, 6.45) is 3.80. The molecule has 2 aliphatic rings. The molecule has 0 saturated heterocycles. The molecule has 142 valence electrons. The van der Waals surface area contributed by atoms with E-state index in [4.69, 9.17) is 5.14 Å². The van der Waals surface area contributed by atoms with E-state index in [2.05, 4.69) is 0 Å². The topological polar surface area (TPSA) is 80.5 Å². The number of halogens is 1. The summed E-state index contributed by atoms with van der Waals surface area (Å²) in [5.74, 6) is -0.835. The van der Waals surface area contributed by atoms with Gasteiger partial charge in [-0.3, -0.25) is 4.79 Å². The number of amides is 1. The van der Waals surface area contributed by atoms with Crippen molar-refractivity contribution in [2.24, 2.45) is 5.14 Å². The highest BCUT2D eigenvalue weighted by Gasteiger charge is 2.48. The number of sulfonamides is 1. The largest absolute Gasteiger partial charge is 0.307 e. The second kappa shape index (κ2) is 6.42. The number of nitrogens with two attached hydrogens (primary N) is 1. The van der Waals surface area contributed by atoms with Crippen LogP contribution in [-0.2, 0) is 21.2 Å². The first-order valence-electron chi connectivity index (χ1n) is 8.99. The quantitative estimate of drug-likeness (QED) is 0.877. The molecule has 1 heterocycles. The van der Waals surface area contributed by atoms with Crippen LogP contribution in [0.3, 0.4) is 0 Å². The van der Waals surface area contributed by atoms with E-state index in [1.54, 1.807) is 41.3 Å². The van der Waals surface area contributed by atoms with Gasteiger partial charge in [0, 0.05) is 23.1 Å². The Balaban J connectivity index is 1.72. The van der Waals surface area contributed by atoms with Gasteiger partial charge in [-0.2, -0.15) is 0 Å². The minimum Gasteiger partial charge on any atom is -0.307 e. The zero-order valence-corrected chi connectivity index (χ0v) is 15.6. The third-order valence-electron chi connectivity index (χ3n) is 5.62. The predicted molar refractivity (Wildman–Crippen MR) is 101 cm³/mol. The van der Waals surface area contributed by atoms with Gasteiger partial charge in [-0.15, -0.1) is 0 Å². The molecule has 1 amide bonds. The highest BCUT2D eigenvalue weighted by molar-refractivity contribution is 7.88. The van der Waals surface area contributed by atoms with Crippen molar-refractivity contribution >= 4 is 21.6 Å². The number of carbonyl (C=O) groups excluding carboxylic acids is 1. The Labute approximate surface area is 158 Å². The van der Waals surface area contributed by atoms with Gasteiger partial charge in [0.2, 0.25) is 10.0 Å². The molecule has 1 saturated carbocycles. The molecule has 1 aliphatic heterocycles. The Morgan fingerprint density at radius 1 is 1.15 bits per heavy atom. The number of hydrogen-bond donors (Lipinski definition) is 1. The minimum absolute atomic E-state index is 0.248. The van der Waals surface area contributed by atoms with Crippen molar-refractivity contribution in [2.75, 3.05) is 11.4 Å². The van der Waals surface area contributed by atoms with E-state index >= 15 is 0 Å². The number of rotatable bonds is 3. The zero-order valence-electron chi connectivity index (χ0n) is 14.8. The van der Waals surface area contributed by atoms with Crippen LogP contribution in [0.15, 0.2) is 42.5 Å². The highest BCUT2D eigenvalue weighted by Crippen LogP contribution is 2.51. The molecule has 1 aliphatic carbocycles. The molecular weight excluding hydrogens is 367 g/mol. The number of fused-ring (bicyclic) bond motifs is 2. The van der Waals surface area contributed by atoms with E-state index in [0.29, 0.717) is 28.9 Å². The van der Waals surface area contributed by atoms with Crippen LogP contribution in [0, 0.1) is 5.82 Å². The predicted octanol–water partition coefficient (Wildman–Crippen LogP) is 3.09. The molecule has 1 spiro atoms. The summed E-state index contributed by atoms with van der Waals surface area (Å²) in [4.78, 5) is 14.8. The first-order valence-corrected chi connectivity index (χ1v) is 10.7. The molecule has 0 bridgehead atoms. The molecule has 27 heavy (non-hydrogen) atoms. The van der Waals surface area contributed by atoms with Crippen molar-refractivity contribution in [1.29, 1.82) is 0 Å². The fraction of sp³-hybridized carbons (Fsp3) is 0.350. The average molecular weight is 388 g/mol. The van der Waals surface area contributed by atoms with Crippen molar-refractivity contribution in [1.82, 2.24) is 0 Å². The number of nitrogens with zero attached hydrogens (tertiary/aromatic N) is 1. The van der Waals surface area contributed by atoms with Crippen LogP contribution in [0.2, 0.25) is 0 Å². The van der Waals surface area contributed by atoms with E-state index in [1.165, 1.54) is 6.07 Å². The van der Waals surface area contributed by atoms with Crippen molar-refractivity contribution in [3.05, 3.63) is 65.0 Å². The van der Waals surface area contributed by atoms with Gasteiger partial charge in [0.1, 0.15) is 5.82 Å². The molecule has 1 fully saturated rings. The summed E-state index contributed by atoms with van der Waals surface area (Å²) in [7, 11) is -3.69. The molecule has 0 atom stereocenters. The van der Waals surface area contributed by atoms with Gasteiger partial charge < -0.3 is 4.90 Å². The minimum atomic E-state index is -3.69.